The zero-order chi connectivity index (χ0) is 47.3. The van der Waals surface area contributed by atoms with Gasteiger partial charge in [-0.3, -0.25) is 19.2 Å². The van der Waals surface area contributed by atoms with Crippen LogP contribution in [0, 0.1) is 68.0 Å². The quantitative estimate of drug-likeness (QED) is 0.130. The molecule has 1 saturated heterocycles. The first-order chi connectivity index (χ1) is 30.3. The maximum Gasteiger partial charge on any atom is 0.309 e. The number of carbonyl (C=O) groups excluding carboxylic acids is 3. The van der Waals surface area contributed by atoms with Crippen LogP contribution in [0.5, 0.6) is 5.75 Å². The minimum absolute atomic E-state index is 0.0478. The first kappa shape index (κ1) is 48.5. The Balaban J connectivity index is 0.951. The maximum atomic E-state index is 14.3. The number of esters is 1. The van der Waals surface area contributed by atoms with Gasteiger partial charge in [0.05, 0.1) is 30.6 Å². The van der Waals surface area contributed by atoms with Crippen molar-refractivity contribution in [3.8, 4) is 5.75 Å². The Morgan fingerprint density at radius 2 is 1.65 bits per heavy atom. The third-order valence-electron chi connectivity index (χ3n) is 19.8. The lowest BCUT2D eigenvalue weighted by Crippen LogP contribution is -2.66. The molecule has 11 heteroatoms. The molecule has 10 nitrogen and oxygen atoms in total. The summed E-state index contributed by atoms with van der Waals surface area (Å²) in [5, 5.41) is 17.2. The number of Topliss-reactive ketones (excluding diaryl/α,β-unsaturated/α-hetero) is 1. The molecule has 1 aliphatic heterocycles. The van der Waals surface area contributed by atoms with E-state index in [9.17, 15) is 24.3 Å². The monoisotopic (exact) mass is 919 g/mol. The summed E-state index contributed by atoms with van der Waals surface area (Å²) in [4.78, 5) is 53.5. The maximum absolute atomic E-state index is 14.3. The van der Waals surface area contributed by atoms with Crippen molar-refractivity contribution in [3.05, 3.63) is 39.9 Å². The number of fused-ring (bicyclic) bond motifs is 7. The van der Waals surface area contributed by atoms with Crippen molar-refractivity contribution < 1.29 is 38.5 Å². The van der Waals surface area contributed by atoms with Gasteiger partial charge >= 0.3 is 11.9 Å². The zero-order valence-electron chi connectivity index (χ0n) is 41.3. The number of carboxylic acids is 1. The number of carbonyl (C=O) groups is 4. The lowest BCUT2D eigenvalue weighted by atomic mass is 9.33. The summed E-state index contributed by atoms with van der Waals surface area (Å²) in [5.74, 6) is 0.105. The van der Waals surface area contributed by atoms with Gasteiger partial charge in [-0.05, 0) is 154 Å². The van der Waals surface area contributed by atoms with Crippen molar-refractivity contribution in [3.63, 3.8) is 0 Å². The first-order valence-electron chi connectivity index (χ1n) is 25.1. The predicted octanol–water partition coefficient (Wildman–Crippen LogP) is 10.6. The minimum Gasteiger partial charge on any atom is -0.487 e. The van der Waals surface area contributed by atoms with Crippen LogP contribution in [0.1, 0.15) is 164 Å². The number of ketones is 1. The summed E-state index contributed by atoms with van der Waals surface area (Å²) in [6.07, 6.45) is 10.7. The number of allylic oxidation sites excluding steroid dienone is 2. The SMILES string of the molecule is CC(C)C1=C2[C@H]3CC[C@@H]4[C@@]5(C)CC[C@H](OC(=O)[C@H]6C[C@@H](C(=O)O)C6(C)C)C(C)(C)[C@@H]5CC[C@@]4(C)[C@]3(C)CC[C@@]2(CCNCC(C)(C)NC(=O)c2ccc(Cl)cc2O[C@H]2CCOC2)CC1=O. The predicted molar refractivity (Wildman–Crippen MR) is 253 cm³/mol. The summed E-state index contributed by atoms with van der Waals surface area (Å²) in [6, 6.07) is 5.15. The van der Waals surface area contributed by atoms with E-state index in [1.807, 2.05) is 27.7 Å². The number of amides is 1. The molecule has 7 aliphatic rings. The van der Waals surface area contributed by atoms with Crippen molar-refractivity contribution >= 4 is 35.2 Å². The standard InChI is InChI=1S/C54H79ClN2O8/c1-31(2)43-38(58)28-54(23-24-56-30-48(3,4)57-45(59)34-13-12-32(55)26-39(34)64-33-18-25-63-29-33)22-21-52(10)35(44(43)54)14-15-41-51(9)19-17-42(50(7,8)40(51)16-20-53(41,52)11)65-47(62)37-27-36(46(60)61)49(37,5)6/h12-13,26,31,33,35-37,40-42,56H,14-25,27-30H2,1-11H3,(H,57,59)(H,60,61)/t33-,35+,36-,37+,40-,41+,42-,51-,52+,53+,54+/m0/s1. The average Bonchev–Trinajstić information content (AvgIpc) is 3.82. The smallest absolute Gasteiger partial charge is 0.309 e. The van der Waals surface area contributed by atoms with E-state index in [0.29, 0.717) is 72.5 Å². The van der Waals surface area contributed by atoms with Gasteiger partial charge in [-0.15, -0.1) is 0 Å². The summed E-state index contributed by atoms with van der Waals surface area (Å²) < 4.78 is 18.1. The van der Waals surface area contributed by atoms with Crippen LogP contribution >= 0.6 is 11.6 Å². The van der Waals surface area contributed by atoms with Gasteiger partial charge in [0.25, 0.3) is 5.91 Å². The molecule has 1 heterocycles. The summed E-state index contributed by atoms with van der Waals surface area (Å²) >= 11 is 6.33. The number of aliphatic carboxylic acids is 1. The largest absolute Gasteiger partial charge is 0.487 e. The number of halogens is 1. The zero-order valence-corrected chi connectivity index (χ0v) is 42.1. The van der Waals surface area contributed by atoms with Gasteiger partial charge < -0.3 is 30.0 Å². The van der Waals surface area contributed by atoms with Crippen LogP contribution in [0.2, 0.25) is 5.02 Å². The number of carboxylic acid groups (broad SMARTS) is 1. The first-order valence-corrected chi connectivity index (χ1v) is 25.5. The Hall–Kier alpha value is -2.95. The van der Waals surface area contributed by atoms with Crippen molar-refractivity contribution in [1.29, 1.82) is 0 Å². The fourth-order valence-corrected chi connectivity index (χ4v) is 16.1. The van der Waals surface area contributed by atoms with Crippen LogP contribution in [0.4, 0.5) is 0 Å². The van der Waals surface area contributed by atoms with E-state index in [-0.39, 0.29) is 63.0 Å². The van der Waals surface area contributed by atoms with Crippen LogP contribution in [-0.2, 0) is 23.9 Å². The second-order valence-electron chi connectivity index (χ2n) is 24.8. The Kier molecular flexibility index (Phi) is 12.6. The molecule has 360 valence electrons. The molecule has 1 aromatic rings. The fourth-order valence-electron chi connectivity index (χ4n) is 15.9. The number of ether oxygens (including phenoxy) is 3. The van der Waals surface area contributed by atoms with E-state index in [2.05, 4.69) is 59.1 Å². The van der Waals surface area contributed by atoms with Gasteiger partial charge in [0.1, 0.15) is 18.0 Å². The number of hydrogen-bond donors (Lipinski definition) is 3. The molecular formula is C54H79ClN2O8. The van der Waals surface area contributed by atoms with Crippen LogP contribution in [-0.4, -0.2) is 72.8 Å². The molecule has 8 rings (SSSR count). The Morgan fingerprint density at radius 1 is 0.908 bits per heavy atom. The third kappa shape index (κ3) is 8.01. The van der Waals surface area contributed by atoms with Gasteiger partial charge in [-0.25, -0.2) is 0 Å². The number of rotatable bonds is 13. The summed E-state index contributed by atoms with van der Waals surface area (Å²) in [7, 11) is 0. The Morgan fingerprint density at radius 3 is 2.31 bits per heavy atom. The topological polar surface area (TPSA) is 140 Å². The van der Waals surface area contributed by atoms with Crippen LogP contribution < -0.4 is 15.4 Å². The molecule has 1 aromatic carbocycles. The molecule has 1 amide bonds. The van der Waals surface area contributed by atoms with E-state index < -0.39 is 22.8 Å². The van der Waals surface area contributed by atoms with E-state index in [4.69, 9.17) is 25.8 Å². The fraction of sp³-hybridized carbons (Fsp3) is 0.778. The van der Waals surface area contributed by atoms with Crippen LogP contribution in [0.3, 0.4) is 0 Å². The molecule has 0 aromatic heterocycles. The van der Waals surface area contributed by atoms with Crippen molar-refractivity contribution in [1.82, 2.24) is 10.6 Å². The molecule has 0 spiro atoms. The molecule has 3 N–H and O–H groups in total. The molecular weight excluding hydrogens is 840 g/mol. The molecule has 65 heavy (non-hydrogen) atoms. The molecule has 5 saturated carbocycles. The van der Waals surface area contributed by atoms with E-state index in [1.165, 1.54) is 5.57 Å². The molecule has 0 unspecified atom stereocenters. The lowest BCUT2D eigenvalue weighted by molar-refractivity contribution is -0.236. The molecule has 11 atom stereocenters. The highest BCUT2D eigenvalue weighted by Crippen LogP contribution is 2.77. The molecule has 6 aliphatic carbocycles. The van der Waals surface area contributed by atoms with Crippen LogP contribution in [0.25, 0.3) is 0 Å². The average molecular weight is 920 g/mol. The number of hydrogen-bond acceptors (Lipinski definition) is 8. The molecule has 0 radical (unpaired) electrons. The van der Waals surface area contributed by atoms with E-state index >= 15 is 0 Å². The lowest BCUT2D eigenvalue weighted by Gasteiger charge is -2.72. The second-order valence-corrected chi connectivity index (χ2v) is 25.2. The van der Waals surface area contributed by atoms with Gasteiger partial charge in [0.2, 0.25) is 0 Å². The Bertz CT molecular complexity index is 2110. The molecule has 6 fully saturated rings. The van der Waals surface area contributed by atoms with E-state index in [1.54, 1.807) is 18.2 Å². The van der Waals surface area contributed by atoms with Crippen molar-refractivity contribution in [2.45, 2.75) is 171 Å². The van der Waals surface area contributed by atoms with Gasteiger partial charge in [-0.2, -0.15) is 0 Å². The normalized spacial score (nSPS) is 38.2. The van der Waals surface area contributed by atoms with Gasteiger partial charge in [0, 0.05) is 40.8 Å². The summed E-state index contributed by atoms with van der Waals surface area (Å²) in [5.41, 5.74) is 1.73. The number of nitrogens with one attached hydrogen (secondary N) is 2. The third-order valence-corrected chi connectivity index (χ3v) is 20.0. The highest BCUT2D eigenvalue weighted by molar-refractivity contribution is 6.30. The summed E-state index contributed by atoms with van der Waals surface area (Å²) in [6.45, 7) is 27.2. The minimum atomic E-state index is -0.829. The van der Waals surface area contributed by atoms with E-state index in [0.717, 1.165) is 76.3 Å². The highest BCUT2D eigenvalue weighted by Gasteiger charge is 2.70. The van der Waals surface area contributed by atoms with Crippen molar-refractivity contribution in [2.24, 2.45) is 68.0 Å². The van der Waals surface area contributed by atoms with Gasteiger partial charge in [-0.1, -0.05) is 79.5 Å². The highest BCUT2D eigenvalue weighted by atomic mass is 35.5. The van der Waals surface area contributed by atoms with Crippen molar-refractivity contribution in [2.75, 3.05) is 26.3 Å². The molecule has 0 bridgehead atoms. The second kappa shape index (κ2) is 16.9. The van der Waals surface area contributed by atoms with Gasteiger partial charge in [0.15, 0.2) is 5.78 Å². The Labute approximate surface area is 393 Å². The van der Waals surface area contributed by atoms with Crippen LogP contribution in [0.15, 0.2) is 29.3 Å². The number of benzene rings is 1.